The number of hydrogen-bond acceptors (Lipinski definition) is 13. The summed E-state index contributed by atoms with van der Waals surface area (Å²) in [5.74, 6) is -0.206. The van der Waals surface area contributed by atoms with Crippen molar-refractivity contribution in [3.05, 3.63) is 48.6 Å². The van der Waals surface area contributed by atoms with Crippen LogP contribution >= 0.6 is 0 Å². The third-order valence-corrected chi connectivity index (χ3v) is 16.6. The highest BCUT2D eigenvalue weighted by Gasteiger charge is 2.51. The van der Waals surface area contributed by atoms with Crippen molar-refractivity contribution in [1.29, 1.82) is 0 Å². The predicted molar refractivity (Wildman–Crippen MR) is 332 cm³/mol. The Morgan fingerprint density at radius 1 is 0.451 bits per heavy atom. The molecule has 2 saturated heterocycles. The maximum atomic E-state index is 13.2. The number of hydrogen-bond donors (Lipinski definition) is 9. The molecule has 9 N–H and O–H groups in total. The third kappa shape index (κ3) is 37.5. The van der Waals surface area contributed by atoms with Crippen molar-refractivity contribution in [1.82, 2.24) is 5.32 Å². The Kier molecular flexibility index (Phi) is 49.3. The van der Waals surface area contributed by atoms with Crippen molar-refractivity contribution in [3.63, 3.8) is 0 Å². The van der Waals surface area contributed by atoms with E-state index in [-0.39, 0.29) is 12.5 Å². The second kappa shape index (κ2) is 53.2. The fraction of sp³-hybridized carbons (Fsp3) is 0.868. The standard InChI is InChI=1S/C68H125NO13/c1-3-5-7-9-11-12-13-14-15-16-17-18-19-20-21-22-23-24-25-26-27-28-29-30-31-32-33-34-35-36-37-38-39-40-41-42-43-44-46-48-50-52-60(73)69-56(57(72)51-49-47-45-10-8-6-4-2)55-79-67-65(78)63(76)66(59(54-71)81-67)82-68-64(77)62(75)61(74)58(53-70)80-68/h5,7,11-12,14-15,17-18,56-59,61-68,70-72,74-78H,3-4,6,8-10,13,16,19-55H2,1-2H3,(H,69,73)/b7-5-,12-11-,15-14-,18-17-. The van der Waals surface area contributed by atoms with Crippen molar-refractivity contribution in [2.24, 2.45) is 0 Å². The first-order chi connectivity index (χ1) is 40.1. The molecule has 0 saturated carbocycles. The van der Waals surface area contributed by atoms with Crippen molar-refractivity contribution in [2.45, 2.75) is 357 Å². The second-order valence-electron chi connectivity index (χ2n) is 23.9. The number of carbonyl (C=O) groups is 1. The van der Waals surface area contributed by atoms with E-state index >= 15 is 0 Å². The van der Waals surface area contributed by atoms with Gasteiger partial charge in [-0.3, -0.25) is 4.79 Å². The van der Waals surface area contributed by atoms with Gasteiger partial charge in [-0.05, 0) is 51.4 Å². The fourth-order valence-electron chi connectivity index (χ4n) is 11.2. The minimum Gasteiger partial charge on any atom is -0.394 e. The second-order valence-corrected chi connectivity index (χ2v) is 23.9. The summed E-state index contributed by atoms with van der Waals surface area (Å²) in [5.41, 5.74) is 0. The molecule has 0 aromatic rings. The Balaban J connectivity index is 1.46. The highest BCUT2D eigenvalue weighted by molar-refractivity contribution is 5.76. The maximum absolute atomic E-state index is 13.2. The van der Waals surface area contributed by atoms with E-state index < -0.39 is 86.8 Å². The highest BCUT2D eigenvalue weighted by atomic mass is 16.7. The number of aliphatic hydroxyl groups is 8. The first kappa shape index (κ1) is 76.0. The average molecular weight is 1160 g/mol. The SMILES string of the molecule is CC/C=C\C/C=C\C/C=C\C/C=C\CCCCCCCCCCCCCCCCCCCCCCCCCCCCCCC(=O)NC(COC1OC(CO)C(OC2OC(CO)C(O)C(O)C2O)C(O)C1O)C(O)CCCCCCCCC. The van der Waals surface area contributed by atoms with Crippen LogP contribution in [0.2, 0.25) is 0 Å². The molecule has 82 heavy (non-hydrogen) atoms. The predicted octanol–water partition coefficient (Wildman–Crippen LogP) is 13.1. The van der Waals surface area contributed by atoms with Gasteiger partial charge < -0.3 is 65.1 Å². The molecule has 12 unspecified atom stereocenters. The number of aliphatic hydroxyl groups excluding tert-OH is 8. The molecule has 0 aromatic heterocycles. The summed E-state index contributed by atoms with van der Waals surface area (Å²) >= 11 is 0. The van der Waals surface area contributed by atoms with Crippen LogP contribution in [0.15, 0.2) is 48.6 Å². The number of rotatable bonds is 55. The van der Waals surface area contributed by atoms with E-state index in [4.69, 9.17) is 18.9 Å². The van der Waals surface area contributed by atoms with Crippen molar-refractivity contribution >= 4 is 5.91 Å². The van der Waals surface area contributed by atoms with Gasteiger partial charge in [-0.1, -0.05) is 274 Å². The van der Waals surface area contributed by atoms with Gasteiger partial charge in [0, 0.05) is 6.42 Å². The molecular weight excluding hydrogens is 1040 g/mol. The van der Waals surface area contributed by atoms with Crippen LogP contribution in [0.25, 0.3) is 0 Å². The number of allylic oxidation sites excluding steroid dienone is 8. The Bertz CT molecular complexity index is 1560. The lowest BCUT2D eigenvalue weighted by Crippen LogP contribution is -2.65. The molecule has 0 spiro atoms. The number of unbranched alkanes of at least 4 members (excludes halogenated alkanes) is 34. The molecular formula is C68H125NO13. The van der Waals surface area contributed by atoms with Crippen molar-refractivity contribution in [2.75, 3.05) is 19.8 Å². The van der Waals surface area contributed by atoms with Gasteiger partial charge in [0.2, 0.25) is 5.91 Å². The minimum absolute atomic E-state index is 0.206. The van der Waals surface area contributed by atoms with Crippen LogP contribution in [-0.2, 0) is 23.7 Å². The van der Waals surface area contributed by atoms with Crippen LogP contribution in [0.4, 0.5) is 0 Å². The Morgan fingerprint density at radius 2 is 0.841 bits per heavy atom. The number of amides is 1. The van der Waals surface area contributed by atoms with E-state index in [1.54, 1.807) is 0 Å². The van der Waals surface area contributed by atoms with Gasteiger partial charge >= 0.3 is 0 Å². The summed E-state index contributed by atoms with van der Waals surface area (Å²) in [6.45, 7) is 2.70. The van der Waals surface area contributed by atoms with Gasteiger partial charge in [0.05, 0.1) is 32.0 Å². The number of ether oxygens (including phenoxy) is 4. The summed E-state index contributed by atoms with van der Waals surface area (Å²) in [6, 6.07) is -0.823. The first-order valence-electron chi connectivity index (χ1n) is 33.9. The fourth-order valence-corrected chi connectivity index (χ4v) is 11.2. The van der Waals surface area contributed by atoms with Gasteiger partial charge in [-0.25, -0.2) is 0 Å². The zero-order valence-electron chi connectivity index (χ0n) is 52.0. The molecule has 0 aromatic carbocycles. The van der Waals surface area contributed by atoms with Crippen LogP contribution in [0.5, 0.6) is 0 Å². The van der Waals surface area contributed by atoms with Gasteiger partial charge in [0.25, 0.3) is 0 Å². The van der Waals surface area contributed by atoms with E-state index in [0.717, 1.165) is 77.0 Å². The minimum atomic E-state index is -1.78. The van der Waals surface area contributed by atoms with Crippen molar-refractivity contribution < 1.29 is 64.6 Å². The third-order valence-electron chi connectivity index (χ3n) is 16.6. The van der Waals surface area contributed by atoms with Gasteiger partial charge in [0.1, 0.15) is 48.8 Å². The van der Waals surface area contributed by atoms with Crippen LogP contribution in [-0.4, -0.2) is 140 Å². The molecule has 480 valence electrons. The van der Waals surface area contributed by atoms with E-state index in [0.29, 0.717) is 12.8 Å². The zero-order valence-corrected chi connectivity index (χ0v) is 52.0. The maximum Gasteiger partial charge on any atom is 0.220 e. The van der Waals surface area contributed by atoms with E-state index in [2.05, 4.69) is 67.8 Å². The number of carbonyl (C=O) groups excluding carboxylic acids is 1. The smallest absolute Gasteiger partial charge is 0.220 e. The zero-order chi connectivity index (χ0) is 59.5. The summed E-state index contributed by atoms with van der Waals surface area (Å²) in [5, 5.41) is 86.9. The van der Waals surface area contributed by atoms with Crippen LogP contribution in [0.3, 0.4) is 0 Å². The molecule has 2 fully saturated rings. The number of nitrogens with one attached hydrogen (secondary N) is 1. The van der Waals surface area contributed by atoms with E-state index in [1.165, 1.54) is 180 Å². The van der Waals surface area contributed by atoms with E-state index in [9.17, 15) is 45.6 Å². The molecule has 2 heterocycles. The summed E-state index contributed by atoms with van der Waals surface area (Å²) < 4.78 is 22.7. The largest absolute Gasteiger partial charge is 0.394 e. The summed E-state index contributed by atoms with van der Waals surface area (Å²) in [7, 11) is 0. The molecule has 0 bridgehead atoms. The monoisotopic (exact) mass is 1160 g/mol. The molecule has 12 atom stereocenters. The first-order valence-corrected chi connectivity index (χ1v) is 33.9. The van der Waals surface area contributed by atoms with Gasteiger partial charge in [-0.2, -0.15) is 0 Å². The van der Waals surface area contributed by atoms with E-state index in [1.807, 2.05) is 0 Å². The van der Waals surface area contributed by atoms with Crippen LogP contribution in [0, 0.1) is 0 Å². The summed E-state index contributed by atoms with van der Waals surface area (Å²) in [6.07, 6.45) is 52.1. The normalized spacial score (nSPS) is 24.2. The lowest BCUT2D eigenvalue weighted by atomic mass is 9.97. The molecule has 0 aliphatic carbocycles. The molecule has 1 amide bonds. The molecule has 2 aliphatic heterocycles. The lowest BCUT2D eigenvalue weighted by molar-refractivity contribution is -0.359. The molecule has 14 nitrogen and oxygen atoms in total. The Hall–Kier alpha value is -2.05. The highest BCUT2D eigenvalue weighted by Crippen LogP contribution is 2.30. The Labute approximate surface area is 499 Å². The molecule has 14 heteroatoms. The lowest BCUT2D eigenvalue weighted by Gasteiger charge is -2.46. The molecule has 2 rings (SSSR count). The molecule has 2 aliphatic rings. The quantitative estimate of drug-likeness (QED) is 0.0204. The molecule has 0 radical (unpaired) electrons. The van der Waals surface area contributed by atoms with Crippen molar-refractivity contribution in [3.8, 4) is 0 Å². The topological polar surface area (TPSA) is 228 Å². The Morgan fingerprint density at radius 3 is 1.29 bits per heavy atom. The van der Waals surface area contributed by atoms with Crippen LogP contribution < -0.4 is 5.32 Å². The van der Waals surface area contributed by atoms with Crippen LogP contribution in [0.1, 0.15) is 284 Å². The van der Waals surface area contributed by atoms with Gasteiger partial charge in [-0.15, -0.1) is 0 Å². The average Bonchev–Trinajstić information content (AvgIpc) is 3.65. The summed E-state index contributed by atoms with van der Waals surface area (Å²) in [4.78, 5) is 13.2. The van der Waals surface area contributed by atoms with Gasteiger partial charge in [0.15, 0.2) is 12.6 Å².